The zero-order valence-electron chi connectivity index (χ0n) is 11.6. The highest BCUT2D eigenvalue weighted by molar-refractivity contribution is 9.11. The summed E-state index contributed by atoms with van der Waals surface area (Å²) in [4.78, 5) is 0. The molecule has 0 saturated heterocycles. The minimum absolute atomic E-state index is 0.231. The fraction of sp³-hybridized carbons (Fsp3) is 0.429. The number of halogens is 2. The number of benzene rings is 1. The normalized spacial score (nSPS) is 12.6. The third kappa shape index (κ3) is 4.14. The number of aryl methyl sites for hydroxylation is 1. The molecule has 2 rings (SSSR count). The molecular weight excluding hydrogens is 384 g/mol. The molecule has 1 atom stereocenters. The standard InChI is InChI=1S/C14H18Br2N4/c1-3-6-17-14(8-11-9-20(2)19-18-11)12-5-4-10(15)7-13(12)16/h4-5,7,9,14,17H,3,6,8H2,1-2H3. The maximum absolute atomic E-state index is 4.18. The molecule has 0 fully saturated rings. The molecule has 0 aliphatic carbocycles. The number of hydrogen-bond acceptors (Lipinski definition) is 3. The first kappa shape index (κ1) is 15.7. The van der Waals surface area contributed by atoms with Crippen molar-refractivity contribution in [3.63, 3.8) is 0 Å². The summed E-state index contributed by atoms with van der Waals surface area (Å²) in [6.07, 6.45) is 3.90. The van der Waals surface area contributed by atoms with Crippen molar-refractivity contribution >= 4 is 31.9 Å². The summed E-state index contributed by atoms with van der Waals surface area (Å²) in [7, 11) is 1.89. The van der Waals surface area contributed by atoms with Crippen molar-refractivity contribution < 1.29 is 0 Å². The number of rotatable bonds is 6. The average molecular weight is 402 g/mol. The molecule has 1 heterocycles. The van der Waals surface area contributed by atoms with E-state index in [9.17, 15) is 0 Å². The number of hydrogen-bond donors (Lipinski definition) is 1. The molecule has 1 aromatic heterocycles. The maximum atomic E-state index is 4.18. The first-order valence-corrected chi connectivity index (χ1v) is 8.22. The monoisotopic (exact) mass is 400 g/mol. The fourth-order valence-electron chi connectivity index (χ4n) is 2.09. The highest BCUT2D eigenvalue weighted by Gasteiger charge is 2.16. The van der Waals surface area contributed by atoms with Gasteiger partial charge in [0.15, 0.2) is 0 Å². The zero-order valence-corrected chi connectivity index (χ0v) is 14.8. The van der Waals surface area contributed by atoms with Gasteiger partial charge in [-0.3, -0.25) is 4.68 Å². The van der Waals surface area contributed by atoms with Gasteiger partial charge in [0.1, 0.15) is 0 Å². The number of aromatic nitrogens is 3. The summed E-state index contributed by atoms with van der Waals surface area (Å²) >= 11 is 7.14. The molecule has 1 N–H and O–H groups in total. The largest absolute Gasteiger partial charge is 0.310 e. The lowest BCUT2D eigenvalue weighted by Gasteiger charge is -2.19. The van der Waals surface area contributed by atoms with E-state index < -0.39 is 0 Å². The highest BCUT2D eigenvalue weighted by Crippen LogP contribution is 2.28. The third-order valence-corrected chi connectivity index (χ3v) is 4.22. The minimum atomic E-state index is 0.231. The molecule has 0 aliphatic rings. The Morgan fingerprint density at radius 1 is 1.35 bits per heavy atom. The Hall–Kier alpha value is -0.720. The molecule has 2 aromatic rings. The van der Waals surface area contributed by atoms with Gasteiger partial charge in [0, 0.05) is 34.7 Å². The molecular formula is C14H18Br2N4. The van der Waals surface area contributed by atoms with Gasteiger partial charge in [-0.25, -0.2) is 0 Å². The molecule has 4 nitrogen and oxygen atoms in total. The van der Waals surface area contributed by atoms with Crippen LogP contribution in [0.4, 0.5) is 0 Å². The molecule has 6 heteroatoms. The second kappa shape index (κ2) is 7.33. The van der Waals surface area contributed by atoms with Gasteiger partial charge < -0.3 is 5.32 Å². The van der Waals surface area contributed by atoms with E-state index in [0.29, 0.717) is 0 Å². The molecule has 0 radical (unpaired) electrons. The van der Waals surface area contributed by atoms with Crippen molar-refractivity contribution in [2.45, 2.75) is 25.8 Å². The summed E-state index contributed by atoms with van der Waals surface area (Å²) in [5.41, 5.74) is 2.24. The van der Waals surface area contributed by atoms with Crippen LogP contribution < -0.4 is 5.32 Å². The Labute approximate surface area is 136 Å². The van der Waals surface area contributed by atoms with Crippen LogP contribution in [0.3, 0.4) is 0 Å². The molecule has 0 saturated carbocycles. The van der Waals surface area contributed by atoms with Crippen molar-refractivity contribution in [3.05, 3.63) is 44.6 Å². The Morgan fingerprint density at radius 2 is 2.15 bits per heavy atom. The Bertz CT molecular complexity index is 568. The zero-order chi connectivity index (χ0) is 14.5. The molecule has 0 amide bonds. The van der Waals surface area contributed by atoms with Crippen LogP contribution in [0.2, 0.25) is 0 Å². The topological polar surface area (TPSA) is 42.7 Å². The van der Waals surface area contributed by atoms with Crippen LogP contribution in [0, 0.1) is 0 Å². The second-order valence-electron chi connectivity index (χ2n) is 4.76. The van der Waals surface area contributed by atoms with Gasteiger partial charge >= 0.3 is 0 Å². The van der Waals surface area contributed by atoms with Crippen LogP contribution in [-0.4, -0.2) is 21.5 Å². The third-order valence-electron chi connectivity index (χ3n) is 3.04. The summed E-state index contributed by atoms with van der Waals surface area (Å²) < 4.78 is 3.91. The van der Waals surface area contributed by atoms with E-state index in [4.69, 9.17) is 0 Å². The van der Waals surface area contributed by atoms with Crippen LogP contribution in [0.15, 0.2) is 33.3 Å². The predicted octanol–water partition coefficient (Wildman–Crippen LogP) is 3.62. The van der Waals surface area contributed by atoms with Crippen LogP contribution in [0.5, 0.6) is 0 Å². The summed E-state index contributed by atoms with van der Waals surface area (Å²) in [6, 6.07) is 6.51. The molecule has 108 valence electrons. The van der Waals surface area contributed by atoms with Crippen molar-refractivity contribution in [3.8, 4) is 0 Å². The smallest absolute Gasteiger partial charge is 0.0845 e. The Balaban J connectivity index is 2.22. The molecule has 1 unspecified atom stereocenters. The van der Waals surface area contributed by atoms with Gasteiger partial charge in [-0.1, -0.05) is 50.1 Å². The van der Waals surface area contributed by atoms with Gasteiger partial charge in [0.05, 0.1) is 5.69 Å². The van der Waals surface area contributed by atoms with Crippen LogP contribution in [-0.2, 0) is 13.5 Å². The summed E-state index contributed by atoms with van der Waals surface area (Å²) in [5, 5.41) is 11.8. The van der Waals surface area contributed by atoms with Crippen molar-refractivity contribution in [1.29, 1.82) is 0 Å². The average Bonchev–Trinajstić information content (AvgIpc) is 2.80. The predicted molar refractivity (Wildman–Crippen MR) is 87.6 cm³/mol. The van der Waals surface area contributed by atoms with Crippen molar-refractivity contribution in [2.24, 2.45) is 7.05 Å². The van der Waals surface area contributed by atoms with Gasteiger partial charge in [-0.2, -0.15) is 0 Å². The Morgan fingerprint density at radius 3 is 2.75 bits per heavy atom. The van der Waals surface area contributed by atoms with E-state index in [-0.39, 0.29) is 6.04 Å². The van der Waals surface area contributed by atoms with Crippen LogP contribution in [0.25, 0.3) is 0 Å². The molecule has 20 heavy (non-hydrogen) atoms. The lowest BCUT2D eigenvalue weighted by atomic mass is 10.0. The van der Waals surface area contributed by atoms with Crippen LogP contribution in [0.1, 0.15) is 30.6 Å². The van der Waals surface area contributed by atoms with Gasteiger partial charge in [0.2, 0.25) is 0 Å². The molecule has 0 spiro atoms. The van der Waals surface area contributed by atoms with E-state index in [1.807, 2.05) is 13.2 Å². The van der Waals surface area contributed by atoms with E-state index in [2.05, 4.69) is 72.6 Å². The summed E-state index contributed by atoms with van der Waals surface area (Å²) in [6.45, 7) is 3.15. The van der Waals surface area contributed by atoms with Crippen molar-refractivity contribution in [1.82, 2.24) is 20.3 Å². The lowest BCUT2D eigenvalue weighted by molar-refractivity contribution is 0.522. The lowest BCUT2D eigenvalue weighted by Crippen LogP contribution is -2.24. The van der Waals surface area contributed by atoms with E-state index in [0.717, 1.165) is 34.0 Å². The van der Waals surface area contributed by atoms with E-state index in [1.165, 1.54) is 5.56 Å². The van der Waals surface area contributed by atoms with E-state index >= 15 is 0 Å². The summed E-state index contributed by atoms with van der Waals surface area (Å²) in [5.74, 6) is 0. The second-order valence-corrected chi connectivity index (χ2v) is 6.53. The first-order chi connectivity index (χ1) is 9.60. The van der Waals surface area contributed by atoms with E-state index in [1.54, 1.807) is 4.68 Å². The molecule has 1 aromatic carbocycles. The first-order valence-electron chi connectivity index (χ1n) is 6.63. The maximum Gasteiger partial charge on any atom is 0.0845 e. The Kier molecular flexibility index (Phi) is 5.74. The SMILES string of the molecule is CCCNC(Cc1cn(C)nn1)c1ccc(Br)cc1Br. The fourth-order valence-corrected chi connectivity index (χ4v) is 3.42. The minimum Gasteiger partial charge on any atom is -0.310 e. The molecule has 0 aliphatic heterocycles. The number of nitrogens with one attached hydrogen (secondary N) is 1. The molecule has 0 bridgehead atoms. The van der Waals surface area contributed by atoms with Crippen LogP contribution >= 0.6 is 31.9 Å². The van der Waals surface area contributed by atoms with Gasteiger partial charge in [-0.15, -0.1) is 5.10 Å². The van der Waals surface area contributed by atoms with Gasteiger partial charge in [-0.05, 0) is 30.7 Å². The quantitative estimate of drug-likeness (QED) is 0.803. The number of nitrogens with zero attached hydrogens (tertiary/aromatic N) is 3. The van der Waals surface area contributed by atoms with Gasteiger partial charge in [0.25, 0.3) is 0 Å². The highest BCUT2D eigenvalue weighted by atomic mass is 79.9. The van der Waals surface area contributed by atoms with Crippen molar-refractivity contribution in [2.75, 3.05) is 6.54 Å².